The number of rotatable bonds is 5. The van der Waals surface area contributed by atoms with E-state index >= 15 is 0 Å². The van der Waals surface area contributed by atoms with Crippen LogP contribution in [-0.4, -0.2) is 37.6 Å². The van der Waals surface area contributed by atoms with Gasteiger partial charge in [-0.1, -0.05) is 0 Å². The predicted octanol–water partition coefficient (Wildman–Crippen LogP) is 1.74. The second kappa shape index (κ2) is 6.07. The second-order valence-corrected chi connectivity index (χ2v) is 7.24. The van der Waals surface area contributed by atoms with Crippen LogP contribution in [0, 0.1) is 0 Å². The van der Waals surface area contributed by atoms with Gasteiger partial charge in [-0.15, -0.1) is 0 Å². The van der Waals surface area contributed by atoms with Crippen LogP contribution in [0.3, 0.4) is 0 Å². The molecule has 6 heteroatoms. The van der Waals surface area contributed by atoms with Crippen LogP contribution in [0.15, 0.2) is 22.8 Å². The Balaban J connectivity index is 1.84. The lowest BCUT2D eigenvalue weighted by Gasteiger charge is -2.32. The highest BCUT2D eigenvalue weighted by Crippen LogP contribution is 2.19. The van der Waals surface area contributed by atoms with Crippen molar-refractivity contribution >= 4 is 10.0 Å². The van der Waals surface area contributed by atoms with Crippen molar-refractivity contribution in [2.45, 2.75) is 38.8 Å². The molecule has 1 aromatic rings. The van der Waals surface area contributed by atoms with Gasteiger partial charge >= 0.3 is 0 Å². The maximum Gasteiger partial charge on any atom is 0.213 e. The summed E-state index contributed by atoms with van der Waals surface area (Å²) in [4.78, 5) is 0. The summed E-state index contributed by atoms with van der Waals surface area (Å²) in [6.45, 7) is 4.98. The fraction of sp³-hybridized carbons (Fsp3) is 0.692. The Morgan fingerprint density at radius 1 is 1.47 bits per heavy atom. The Labute approximate surface area is 115 Å². The number of hydrogen-bond acceptors (Lipinski definition) is 4. The van der Waals surface area contributed by atoms with Crippen LogP contribution >= 0.6 is 0 Å². The Hall–Kier alpha value is -0.850. The largest absolute Gasteiger partial charge is 0.468 e. The van der Waals surface area contributed by atoms with E-state index in [-0.39, 0.29) is 11.8 Å². The van der Waals surface area contributed by atoms with Crippen molar-refractivity contribution in [1.29, 1.82) is 0 Å². The minimum absolute atomic E-state index is 0.161. The summed E-state index contributed by atoms with van der Waals surface area (Å²) in [5, 5.41) is 3.50. The Morgan fingerprint density at radius 3 is 2.68 bits per heavy atom. The summed E-state index contributed by atoms with van der Waals surface area (Å²) in [6.07, 6.45) is 3.37. The average molecular weight is 286 g/mol. The van der Waals surface area contributed by atoms with Crippen LogP contribution in [0.4, 0.5) is 0 Å². The first kappa shape index (κ1) is 14.6. The molecule has 19 heavy (non-hydrogen) atoms. The molecule has 2 rings (SSSR count). The monoisotopic (exact) mass is 286 g/mol. The molecular formula is C13H22N2O3S. The molecule has 2 heterocycles. The van der Waals surface area contributed by atoms with E-state index in [1.807, 2.05) is 12.1 Å². The van der Waals surface area contributed by atoms with E-state index in [4.69, 9.17) is 4.42 Å². The van der Waals surface area contributed by atoms with Crippen molar-refractivity contribution < 1.29 is 12.8 Å². The molecule has 108 valence electrons. The zero-order valence-electron chi connectivity index (χ0n) is 11.5. The van der Waals surface area contributed by atoms with Gasteiger partial charge in [0.1, 0.15) is 5.76 Å². The molecule has 0 aliphatic carbocycles. The van der Waals surface area contributed by atoms with Gasteiger partial charge in [0.15, 0.2) is 0 Å². The molecule has 1 fully saturated rings. The molecule has 1 saturated heterocycles. The van der Waals surface area contributed by atoms with Gasteiger partial charge in [0, 0.05) is 19.1 Å². The van der Waals surface area contributed by atoms with E-state index < -0.39 is 10.0 Å². The molecule has 0 spiro atoms. The zero-order chi connectivity index (χ0) is 13.9. The lowest BCUT2D eigenvalue weighted by molar-refractivity contribution is 0.268. The third-order valence-electron chi connectivity index (χ3n) is 3.67. The molecule has 1 aliphatic heterocycles. The molecule has 0 saturated carbocycles. The highest BCUT2D eigenvalue weighted by Gasteiger charge is 2.27. The van der Waals surface area contributed by atoms with Crippen molar-refractivity contribution in [3.63, 3.8) is 0 Å². The SMILES string of the molecule is CCS(=O)(=O)N1CCC(NC(C)c2ccco2)CC1. The first-order valence-corrected chi connectivity index (χ1v) is 8.41. The standard InChI is InChI=1S/C13H22N2O3S/c1-3-19(16,17)15-8-6-12(7-9-15)14-11(2)13-5-4-10-18-13/h4-5,10-12,14H,3,6-9H2,1-2H3. The zero-order valence-corrected chi connectivity index (χ0v) is 12.3. The normalized spacial score (nSPS) is 20.5. The van der Waals surface area contributed by atoms with Gasteiger partial charge in [-0.05, 0) is 38.8 Å². The fourth-order valence-electron chi connectivity index (χ4n) is 2.46. The maximum absolute atomic E-state index is 11.8. The van der Waals surface area contributed by atoms with Gasteiger partial charge in [0.25, 0.3) is 0 Å². The third kappa shape index (κ3) is 3.58. The van der Waals surface area contributed by atoms with E-state index in [0.29, 0.717) is 19.1 Å². The molecule has 1 atom stereocenters. The first-order chi connectivity index (χ1) is 9.03. The minimum Gasteiger partial charge on any atom is -0.468 e. The summed E-state index contributed by atoms with van der Waals surface area (Å²) in [5.74, 6) is 1.11. The number of hydrogen-bond donors (Lipinski definition) is 1. The maximum atomic E-state index is 11.8. The van der Waals surface area contributed by atoms with E-state index in [0.717, 1.165) is 18.6 Å². The smallest absolute Gasteiger partial charge is 0.213 e. The van der Waals surface area contributed by atoms with Gasteiger partial charge < -0.3 is 9.73 Å². The van der Waals surface area contributed by atoms with Crippen molar-refractivity contribution in [3.8, 4) is 0 Å². The molecule has 0 aromatic carbocycles. The molecule has 0 amide bonds. The van der Waals surface area contributed by atoms with Gasteiger partial charge in [0.2, 0.25) is 10.0 Å². The van der Waals surface area contributed by atoms with Crippen LogP contribution in [-0.2, 0) is 10.0 Å². The second-order valence-electron chi connectivity index (χ2n) is 4.98. The molecule has 1 aromatic heterocycles. The molecular weight excluding hydrogens is 264 g/mol. The van der Waals surface area contributed by atoms with Crippen molar-refractivity contribution in [2.24, 2.45) is 0 Å². The topological polar surface area (TPSA) is 62.6 Å². The van der Waals surface area contributed by atoms with Gasteiger partial charge in [-0.2, -0.15) is 0 Å². The highest BCUT2D eigenvalue weighted by atomic mass is 32.2. The predicted molar refractivity (Wildman–Crippen MR) is 74.3 cm³/mol. The highest BCUT2D eigenvalue weighted by molar-refractivity contribution is 7.89. The molecule has 1 N–H and O–H groups in total. The Kier molecular flexibility index (Phi) is 4.65. The number of nitrogens with one attached hydrogen (secondary N) is 1. The van der Waals surface area contributed by atoms with Crippen LogP contribution < -0.4 is 5.32 Å². The van der Waals surface area contributed by atoms with Crippen LogP contribution in [0.5, 0.6) is 0 Å². The molecule has 5 nitrogen and oxygen atoms in total. The lowest BCUT2D eigenvalue weighted by atomic mass is 10.1. The van der Waals surface area contributed by atoms with E-state index in [9.17, 15) is 8.42 Å². The van der Waals surface area contributed by atoms with Crippen LogP contribution in [0.25, 0.3) is 0 Å². The molecule has 0 bridgehead atoms. The fourth-order valence-corrected chi connectivity index (χ4v) is 3.59. The number of sulfonamides is 1. The molecule has 1 aliphatic rings. The summed E-state index contributed by atoms with van der Waals surface area (Å²) < 4.78 is 30.5. The van der Waals surface area contributed by atoms with Gasteiger partial charge in [0.05, 0.1) is 18.1 Å². The summed E-state index contributed by atoms with van der Waals surface area (Å²) in [6, 6.07) is 4.34. The number of piperidine rings is 1. The van der Waals surface area contributed by atoms with Gasteiger partial charge in [-0.25, -0.2) is 12.7 Å². The summed E-state index contributed by atoms with van der Waals surface area (Å²) in [7, 11) is -3.03. The molecule has 1 unspecified atom stereocenters. The Morgan fingerprint density at radius 2 is 2.16 bits per heavy atom. The number of furan rings is 1. The summed E-state index contributed by atoms with van der Waals surface area (Å²) in [5.41, 5.74) is 0. The molecule has 0 radical (unpaired) electrons. The van der Waals surface area contributed by atoms with Gasteiger partial charge in [-0.3, -0.25) is 0 Å². The quantitative estimate of drug-likeness (QED) is 0.895. The van der Waals surface area contributed by atoms with Crippen molar-refractivity contribution in [2.75, 3.05) is 18.8 Å². The average Bonchev–Trinajstić information content (AvgIpc) is 2.93. The third-order valence-corrected chi connectivity index (χ3v) is 5.55. The van der Waals surface area contributed by atoms with E-state index in [1.165, 1.54) is 0 Å². The van der Waals surface area contributed by atoms with Crippen LogP contribution in [0.1, 0.15) is 38.5 Å². The van der Waals surface area contributed by atoms with Crippen molar-refractivity contribution in [1.82, 2.24) is 9.62 Å². The number of nitrogens with zero attached hydrogens (tertiary/aromatic N) is 1. The van der Waals surface area contributed by atoms with E-state index in [1.54, 1.807) is 17.5 Å². The van der Waals surface area contributed by atoms with Crippen LogP contribution in [0.2, 0.25) is 0 Å². The first-order valence-electron chi connectivity index (χ1n) is 6.80. The Bertz CT molecular complexity index is 476. The summed E-state index contributed by atoms with van der Waals surface area (Å²) >= 11 is 0. The minimum atomic E-state index is -3.03. The lowest BCUT2D eigenvalue weighted by Crippen LogP contribution is -2.45. The van der Waals surface area contributed by atoms with E-state index in [2.05, 4.69) is 12.2 Å². The van der Waals surface area contributed by atoms with Crippen molar-refractivity contribution in [3.05, 3.63) is 24.2 Å².